The molecular weight excluding hydrogens is 252 g/mol. The van der Waals surface area contributed by atoms with E-state index in [9.17, 15) is 9.59 Å². The third-order valence-corrected chi connectivity index (χ3v) is 3.84. The van der Waals surface area contributed by atoms with Crippen LogP contribution in [0.2, 0.25) is 0 Å². The average Bonchev–Trinajstić information content (AvgIpc) is 2.50. The first kappa shape index (κ1) is 14.6. The Balaban J connectivity index is 1.89. The van der Waals surface area contributed by atoms with E-state index in [0.717, 1.165) is 36.9 Å². The van der Waals surface area contributed by atoms with Crippen LogP contribution in [0.1, 0.15) is 37.7 Å². The van der Waals surface area contributed by atoms with Gasteiger partial charge in [0, 0.05) is 18.7 Å². The number of hydrogen-bond donors (Lipinski definition) is 2. The van der Waals surface area contributed by atoms with Crippen LogP contribution in [0.3, 0.4) is 0 Å². The van der Waals surface area contributed by atoms with Crippen molar-refractivity contribution in [3.8, 4) is 0 Å². The van der Waals surface area contributed by atoms with Crippen LogP contribution in [0, 0.1) is 5.92 Å². The quantitative estimate of drug-likeness (QED) is 0.886. The van der Waals surface area contributed by atoms with Crippen molar-refractivity contribution < 1.29 is 9.59 Å². The van der Waals surface area contributed by atoms with Crippen molar-refractivity contribution in [1.29, 1.82) is 0 Å². The molecule has 0 aliphatic heterocycles. The largest absolute Gasteiger partial charge is 0.359 e. The molecule has 20 heavy (non-hydrogen) atoms. The third kappa shape index (κ3) is 4.08. The van der Waals surface area contributed by atoms with Crippen molar-refractivity contribution in [2.24, 2.45) is 5.92 Å². The fraction of sp³-hybridized carbons (Fsp3) is 0.500. The molecule has 0 spiro atoms. The van der Waals surface area contributed by atoms with Gasteiger partial charge in [-0.25, -0.2) is 0 Å². The Morgan fingerprint density at radius 1 is 1.10 bits per heavy atom. The van der Waals surface area contributed by atoms with Crippen LogP contribution in [0.25, 0.3) is 0 Å². The maximum absolute atomic E-state index is 12.1. The van der Waals surface area contributed by atoms with Gasteiger partial charge in [-0.15, -0.1) is 0 Å². The van der Waals surface area contributed by atoms with Gasteiger partial charge in [0.2, 0.25) is 11.8 Å². The molecule has 1 aromatic carbocycles. The minimum Gasteiger partial charge on any atom is -0.359 e. The Labute approximate surface area is 119 Å². The second kappa shape index (κ2) is 7.08. The molecule has 2 N–H and O–H groups in total. The van der Waals surface area contributed by atoms with Crippen molar-refractivity contribution in [3.63, 3.8) is 0 Å². The molecule has 2 amide bonds. The molecule has 0 saturated heterocycles. The Morgan fingerprint density at radius 2 is 1.75 bits per heavy atom. The molecule has 1 fully saturated rings. The van der Waals surface area contributed by atoms with Gasteiger partial charge in [0.05, 0.1) is 6.42 Å². The van der Waals surface area contributed by atoms with E-state index in [2.05, 4.69) is 10.6 Å². The van der Waals surface area contributed by atoms with E-state index < -0.39 is 0 Å². The number of carbonyl (C=O) groups is 2. The molecule has 0 heterocycles. The molecule has 0 unspecified atom stereocenters. The van der Waals surface area contributed by atoms with E-state index >= 15 is 0 Å². The van der Waals surface area contributed by atoms with Crippen molar-refractivity contribution >= 4 is 17.5 Å². The van der Waals surface area contributed by atoms with Crippen molar-refractivity contribution in [2.75, 3.05) is 12.4 Å². The first-order chi connectivity index (χ1) is 9.69. The molecule has 0 radical (unpaired) electrons. The molecule has 4 nitrogen and oxygen atoms in total. The molecule has 1 aliphatic rings. The molecular formula is C16H22N2O2. The Morgan fingerprint density at radius 3 is 2.35 bits per heavy atom. The molecule has 2 rings (SSSR count). The molecule has 1 saturated carbocycles. The fourth-order valence-corrected chi connectivity index (χ4v) is 2.59. The zero-order valence-electron chi connectivity index (χ0n) is 11.9. The van der Waals surface area contributed by atoms with Gasteiger partial charge in [0.1, 0.15) is 0 Å². The van der Waals surface area contributed by atoms with Crippen molar-refractivity contribution in [2.45, 2.75) is 38.5 Å². The van der Waals surface area contributed by atoms with E-state index in [1.54, 1.807) is 7.05 Å². The smallest absolute Gasteiger partial charge is 0.227 e. The Bertz CT molecular complexity index is 462. The van der Waals surface area contributed by atoms with Gasteiger partial charge in [0.15, 0.2) is 0 Å². The lowest BCUT2D eigenvalue weighted by atomic mass is 9.88. The number of anilines is 1. The van der Waals surface area contributed by atoms with E-state index in [4.69, 9.17) is 0 Å². The topological polar surface area (TPSA) is 58.2 Å². The van der Waals surface area contributed by atoms with Gasteiger partial charge in [-0.3, -0.25) is 9.59 Å². The maximum atomic E-state index is 12.1. The van der Waals surface area contributed by atoms with Crippen LogP contribution < -0.4 is 10.6 Å². The Hall–Kier alpha value is -1.84. The summed E-state index contributed by atoms with van der Waals surface area (Å²) in [4.78, 5) is 23.4. The highest BCUT2D eigenvalue weighted by molar-refractivity contribution is 5.92. The highest BCUT2D eigenvalue weighted by Gasteiger charge is 2.20. The summed E-state index contributed by atoms with van der Waals surface area (Å²) in [6, 6.07) is 7.48. The second-order valence-corrected chi connectivity index (χ2v) is 5.37. The lowest BCUT2D eigenvalue weighted by Gasteiger charge is -2.20. The van der Waals surface area contributed by atoms with Crippen LogP contribution in [0.15, 0.2) is 24.3 Å². The predicted molar refractivity (Wildman–Crippen MR) is 79.4 cm³/mol. The van der Waals surface area contributed by atoms with Crippen LogP contribution in [-0.4, -0.2) is 18.9 Å². The van der Waals surface area contributed by atoms with Gasteiger partial charge >= 0.3 is 0 Å². The van der Waals surface area contributed by atoms with E-state index in [0.29, 0.717) is 6.42 Å². The van der Waals surface area contributed by atoms with Crippen LogP contribution in [-0.2, 0) is 16.0 Å². The zero-order valence-corrected chi connectivity index (χ0v) is 11.9. The fourth-order valence-electron chi connectivity index (χ4n) is 2.59. The summed E-state index contributed by atoms with van der Waals surface area (Å²) in [6.45, 7) is 0. The molecule has 0 bridgehead atoms. The maximum Gasteiger partial charge on any atom is 0.227 e. The average molecular weight is 274 g/mol. The van der Waals surface area contributed by atoms with Crippen LogP contribution >= 0.6 is 0 Å². The van der Waals surface area contributed by atoms with Gasteiger partial charge < -0.3 is 10.6 Å². The van der Waals surface area contributed by atoms with Crippen LogP contribution in [0.4, 0.5) is 5.69 Å². The van der Waals surface area contributed by atoms with Crippen molar-refractivity contribution in [1.82, 2.24) is 5.32 Å². The predicted octanol–water partition coefficient (Wildman–Crippen LogP) is 2.49. The minimum atomic E-state index is -0.0102. The number of carbonyl (C=O) groups excluding carboxylic acids is 2. The molecule has 1 aliphatic carbocycles. The molecule has 0 aromatic heterocycles. The van der Waals surface area contributed by atoms with Gasteiger partial charge in [-0.05, 0) is 30.5 Å². The van der Waals surface area contributed by atoms with E-state index in [1.807, 2.05) is 24.3 Å². The highest BCUT2D eigenvalue weighted by atomic mass is 16.2. The molecule has 108 valence electrons. The summed E-state index contributed by atoms with van der Waals surface area (Å²) in [7, 11) is 1.63. The lowest BCUT2D eigenvalue weighted by molar-refractivity contribution is -0.121. The summed E-state index contributed by atoms with van der Waals surface area (Å²) in [5.74, 6) is 0.280. The molecule has 1 aromatic rings. The van der Waals surface area contributed by atoms with Crippen molar-refractivity contribution in [3.05, 3.63) is 29.8 Å². The number of benzene rings is 1. The van der Waals surface area contributed by atoms with E-state index in [-0.39, 0.29) is 17.7 Å². The lowest BCUT2D eigenvalue weighted by Crippen LogP contribution is -2.24. The van der Waals surface area contributed by atoms with E-state index in [1.165, 1.54) is 6.42 Å². The first-order valence-corrected chi connectivity index (χ1v) is 7.29. The van der Waals surface area contributed by atoms with Gasteiger partial charge in [-0.2, -0.15) is 0 Å². The molecule has 4 heteroatoms. The van der Waals surface area contributed by atoms with Gasteiger partial charge in [-0.1, -0.05) is 31.4 Å². The summed E-state index contributed by atoms with van der Waals surface area (Å²) in [5, 5.41) is 5.56. The number of likely N-dealkylation sites (N-methyl/N-ethyl adjacent to an activating group) is 1. The number of hydrogen-bond acceptors (Lipinski definition) is 2. The van der Waals surface area contributed by atoms with Crippen LogP contribution in [0.5, 0.6) is 0 Å². The summed E-state index contributed by atoms with van der Waals surface area (Å²) in [5.41, 5.74) is 1.75. The number of nitrogens with one attached hydrogen (secondary N) is 2. The summed E-state index contributed by atoms with van der Waals surface area (Å²) < 4.78 is 0. The second-order valence-electron chi connectivity index (χ2n) is 5.37. The Kier molecular flexibility index (Phi) is 5.16. The zero-order chi connectivity index (χ0) is 14.4. The minimum absolute atomic E-state index is 0.0102. The molecule has 0 atom stereocenters. The first-order valence-electron chi connectivity index (χ1n) is 7.29. The summed E-state index contributed by atoms with van der Waals surface area (Å²) >= 11 is 0. The monoisotopic (exact) mass is 274 g/mol. The summed E-state index contributed by atoms with van der Waals surface area (Å²) in [6.07, 6.45) is 5.93. The normalized spacial score (nSPS) is 15.7. The highest BCUT2D eigenvalue weighted by Crippen LogP contribution is 2.25. The third-order valence-electron chi connectivity index (χ3n) is 3.84. The standard InChI is InChI=1S/C16H22N2O2/c1-17-15(19)11-12-7-9-14(10-8-12)18-16(20)13-5-3-2-4-6-13/h7-10,13H,2-6,11H2,1H3,(H,17,19)(H,18,20). The SMILES string of the molecule is CNC(=O)Cc1ccc(NC(=O)C2CCCCC2)cc1. The number of rotatable bonds is 4. The van der Waals surface area contributed by atoms with Gasteiger partial charge in [0.25, 0.3) is 0 Å². The number of amides is 2.